The van der Waals surface area contributed by atoms with E-state index >= 15 is 0 Å². The monoisotopic (exact) mass is 228 g/mol. The van der Waals surface area contributed by atoms with Crippen LogP contribution in [0.25, 0.3) is 0 Å². The standard InChI is InChI=1S/C6H3ClF.ClH.Zn/c7-5-2-1-3-6(8)4-5;;/h1-2,4H;1H;/q-1;;+2/p-1. The summed E-state index contributed by atoms with van der Waals surface area (Å²) in [4.78, 5) is 0. The van der Waals surface area contributed by atoms with Gasteiger partial charge in [0.1, 0.15) is 0 Å². The minimum atomic E-state index is -0.419. The first kappa shape index (κ1) is 10.4. The Morgan fingerprint density at radius 3 is 2.40 bits per heavy atom. The fourth-order valence-electron chi connectivity index (χ4n) is 0.412. The molecule has 0 atom stereocenters. The molecule has 1 rings (SSSR count). The number of benzene rings is 1. The zero-order valence-corrected chi connectivity index (χ0v) is 9.55. The van der Waals surface area contributed by atoms with Crippen LogP contribution in [0.1, 0.15) is 0 Å². The maximum absolute atomic E-state index is 12.0. The fourth-order valence-corrected chi connectivity index (χ4v) is 0.571. The number of rotatable bonds is 0. The van der Waals surface area contributed by atoms with Crippen LogP contribution in [0.5, 0.6) is 0 Å². The summed E-state index contributed by atoms with van der Waals surface area (Å²) < 4.78 is 12.0. The van der Waals surface area contributed by atoms with E-state index in [9.17, 15) is 4.39 Å². The van der Waals surface area contributed by atoms with Crippen LogP contribution in [0.15, 0.2) is 18.2 Å². The van der Waals surface area contributed by atoms with E-state index < -0.39 is 5.82 Å². The molecule has 0 heterocycles. The molecule has 0 bridgehead atoms. The molecular formula is C6H3Cl2FZn. The van der Waals surface area contributed by atoms with Gasteiger partial charge in [0.2, 0.25) is 0 Å². The summed E-state index contributed by atoms with van der Waals surface area (Å²) in [5.74, 6) is -0.419. The molecule has 0 aliphatic rings. The Hall–Kier alpha value is 0.353. The predicted octanol–water partition coefficient (Wildman–Crippen LogP) is 2.97. The van der Waals surface area contributed by atoms with Crippen LogP contribution in [0.3, 0.4) is 0 Å². The van der Waals surface area contributed by atoms with Crippen LogP contribution in [-0.4, -0.2) is 0 Å². The van der Waals surface area contributed by atoms with E-state index in [0.717, 1.165) is 17.3 Å². The van der Waals surface area contributed by atoms with Crippen molar-refractivity contribution in [1.29, 1.82) is 0 Å². The van der Waals surface area contributed by atoms with E-state index in [1.807, 2.05) is 0 Å². The van der Waals surface area contributed by atoms with Gasteiger partial charge in [-0.15, -0.1) is 23.7 Å². The summed E-state index contributed by atoms with van der Waals surface area (Å²) in [6.45, 7) is 0. The van der Waals surface area contributed by atoms with Crippen molar-refractivity contribution in [3.63, 3.8) is 0 Å². The van der Waals surface area contributed by atoms with E-state index in [2.05, 4.69) is 6.07 Å². The van der Waals surface area contributed by atoms with Crippen molar-refractivity contribution in [2.24, 2.45) is 0 Å². The molecule has 1 aromatic rings. The molecule has 0 amide bonds. The maximum atomic E-state index is 12.0. The van der Waals surface area contributed by atoms with Crippen LogP contribution in [0.4, 0.5) is 4.39 Å². The third kappa shape index (κ3) is 4.21. The summed E-state index contributed by atoms with van der Waals surface area (Å²) in [6.07, 6.45) is 0. The molecule has 10 heavy (non-hydrogen) atoms. The van der Waals surface area contributed by atoms with Gasteiger partial charge in [-0.2, -0.15) is 12.1 Å². The Morgan fingerprint density at radius 1 is 1.50 bits per heavy atom. The second-order valence-electron chi connectivity index (χ2n) is 1.35. The molecule has 0 aliphatic heterocycles. The number of hydrogen-bond acceptors (Lipinski definition) is 0. The van der Waals surface area contributed by atoms with E-state index in [-0.39, 0.29) is 0 Å². The van der Waals surface area contributed by atoms with Gasteiger partial charge in [-0.05, 0) is 0 Å². The third-order valence-corrected chi connectivity index (χ3v) is 0.963. The average molecular weight is 230 g/mol. The molecule has 50 valence electrons. The summed E-state index contributed by atoms with van der Waals surface area (Å²) in [6, 6.07) is 6.55. The van der Waals surface area contributed by atoms with E-state index in [1.54, 1.807) is 6.07 Å². The SMILES string of the molecule is Fc1[c-]ccc(Cl)c1.[Cl][Zn+]. The fraction of sp³-hybridized carbons (Fsp3) is 0. The quantitative estimate of drug-likeness (QED) is 0.475. The Bertz CT molecular complexity index is 176. The minimum absolute atomic E-state index is 0.404. The normalized spacial score (nSPS) is 8.10. The van der Waals surface area contributed by atoms with Crippen molar-refractivity contribution in [3.05, 3.63) is 35.1 Å². The van der Waals surface area contributed by atoms with Gasteiger partial charge in [-0.1, -0.05) is 5.02 Å². The first-order chi connectivity index (χ1) is 4.79. The van der Waals surface area contributed by atoms with Crippen LogP contribution in [0.2, 0.25) is 5.02 Å². The van der Waals surface area contributed by atoms with Gasteiger partial charge >= 0.3 is 27.0 Å². The van der Waals surface area contributed by atoms with Crippen LogP contribution >= 0.6 is 21.3 Å². The van der Waals surface area contributed by atoms with Gasteiger partial charge in [0.15, 0.2) is 0 Å². The molecule has 0 saturated heterocycles. The summed E-state index contributed by atoms with van der Waals surface area (Å²) in [5.41, 5.74) is 0. The molecule has 0 nitrogen and oxygen atoms in total. The van der Waals surface area contributed by atoms with Crippen molar-refractivity contribution in [2.45, 2.75) is 0 Å². The van der Waals surface area contributed by atoms with Crippen LogP contribution in [-0.2, 0) is 17.3 Å². The molecule has 0 radical (unpaired) electrons. The first-order valence-electron chi connectivity index (χ1n) is 2.38. The molecule has 0 aromatic heterocycles. The Balaban J connectivity index is 0.000000371. The third-order valence-electron chi connectivity index (χ3n) is 0.728. The molecule has 0 aliphatic carbocycles. The Morgan fingerprint density at radius 2 is 2.10 bits per heavy atom. The second-order valence-corrected chi connectivity index (χ2v) is 1.79. The van der Waals surface area contributed by atoms with Gasteiger partial charge in [0.05, 0.1) is 0 Å². The van der Waals surface area contributed by atoms with E-state index in [1.165, 1.54) is 12.1 Å². The Labute approximate surface area is 78.1 Å². The van der Waals surface area contributed by atoms with Crippen LogP contribution in [0, 0.1) is 11.9 Å². The summed E-state index contributed by atoms with van der Waals surface area (Å²) >= 11 is 6.23. The number of hydrogen-bond donors (Lipinski definition) is 0. The van der Waals surface area contributed by atoms with Crippen LogP contribution < -0.4 is 0 Å². The van der Waals surface area contributed by atoms with Gasteiger partial charge in [0.25, 0.3) is 0 Å². The van der Waals surface area contributed by atoms with Gasteiger partial charge in [-0.3, -0.25) is 0 Å². The van der Waals surface area contributed by atoms with Gasteiger partial charge < -0.3 is 0 Å². The van der Waals surface area contributed by atoms with Gasteiger partial charge in [0, 0.05) is 5.82 Å². The predicted molar refractivity (Wildman–Crippen MR) is 36.1 cm³/mol. The van der Waals surface area contributed by atoms with E-state index in [0.29, 0.717) is 5.02 Å². The topological polar surface area (TPSA) is 0 Å². The summed E-state index contributed by atoms with van der Waals surface area (Å²) in [7, 11) is 4.76. The molecule has 4 heteroatoms. The molecule has 0 N–H and O–H groups in total. The average Bonchev–Trinajstić information content (AvgIpc) is 1.91. The number of halogens is 3. The van der Waals surface area contributed by atoms with Gasteiger partial charge in [-0.25, -0.2) is 4.39 Å². The van der Waals surface area contributed by atoms with Crippen molar-refractivity contribution < 1.29 is 21.7 Å². The molecule has 0 saturated carbocycles. The second kappa shape index (κ2) is 6.09. The molecule has 0 spiro atoms. The zero-order valence-electron chi connectivity index (χ0n) is 5.07. The van der Waals surface area contributed by atoms with Crippen molar-refractivity contribution in [3.8, 4) is 0 Å². The Kier molecular flexibility index (Phi) is 6.30. The molecule has 0 unspecified atom stereocenters. The zero-order chi connectivity index (χ0) is 7.98. The molecule has 0 fully saturated rings. The first-order valence-corrected chi connectivity index (χ1v) is 6.66. The van der Waals surface area contributed by atoms with Crippen molar-refractivity contribution in [1.82, 2.24) is 0 Å². The molecular weight excluding hydrogens is 227 g/mol. The van der Waals surface area contributed by atoms with E-state index in [4.69, 9.17) is 21.3 Å². The summed E-state index contributed by atoms with van der Waals surface area (Å²) in [5, 5.41) is 0.404. The molecule has 1 aromatic carbocycles. The van der Waals surface area contributed by atoms with Crippen molar-refractivity contribution >= 4 is 21.3 Å². The van der Waals surface area contributed by atoms with Crippen molar-refractivity contribution in [2.75, 3.05) is 0 Å².